The number of anilines is 2. The highest BCUT2D eigenvalue weighted by molar-refractivity contribution is 7.80. The minimum Gasteiger partial charge on any atom is -0.465 e. The summed E-state index contributed by atoms with van der Waals surface area (Å²) < 4.78 is 6.77. The predicted octanol–water partition coefficient (Wildman–Crippen LogP) is 5.30. The number of thiophene rings is 1. The van der Waals surface area contributed by atoms with Crippen LogP contribution in [0.15, 0.2) is 30.6 Å². The number of aromatic nitrogens is 3. The molecule has 2 aromatic heterocycles. The Balaban J connectivity index is 1.47. The lowest BCUT2D eigenvalue weighted by Gasteiger charge is -2.11. The molecule has 0 fully saturated rings. The molecule has 0 radical (unpaired) electrons. The molecule has 4 rings (SSSR count). The van der Waals surface area contributed by atoms with E-state index in [0.29, 0.717) is 33.2 Å². The lowest BCUT2D eigenvalue weighted by molar-refractivity contribution is 0.0601. The molecule has 7 nitrogen and oxygen atoms in total. The maximum Gasteiger partial charge on any atom is 0.341 e. The molecule has 168 valence electrons. The number of nitrogens with one attached hydrogen (secondary N) is 2. The molecule has 0 unspecified atom stereocenters. The molecule has 0 bridgehead atoms. The Hall–Kier alpha value is -2.49. The van der Waals surface area contributed by atoms with Gasteiger partial charge in [0.15, 0.2) is 5.11 Å². The first-order valence-electron chi connectivity index (χ1n) is 10.5. The number of fused-ring (bicyclic) bond motifs is 1. The molecule has 0 amide bonds. The van der Waals surface area contributed by atoms with Gasteiger partial charge in [-0.15, -0.1) is 16.4 Å². The van der Waals surface area contributed by atoms with Gasteiger partial charge in [-0.05, 0) is 61.2 Å². The van der Waals surface area contributed by atoms with Gasteiger partial charge in [0, 0.05) is 9.90 Å². The molecule has 0 spiro atoms. The first-order valence-corrected chi connectivity index (χ1v) is 12.1. The number of methoxy groups -OCH3 is 1. The highest BCUT2D eigenvalue weighted by Crippen LogP contribution is 2.37. The summed E-state index contributed by atoms with van der Waals surface area (Å²) in [4.78, 5) is 18.1. The van der Waals surface area contributed by atoms with Crippen molar-refractivity contribution >= 4 is 57.2 Å². The van der Waals surface area contributed by atoms with Crippen molar-refractivity contribution in [1.82, 2.24) is 14.8 Å². The van der Waals surface area contributed by atoms with E-state index >= 15 is 0 Å². The second-order valence-corrected chi connectivity index (χ2v) is 9.54. The average molecular weight is 490 g/mol. The Morgan fingerprint density at radius 2 is 2.06 bits per heavy atom. The fraction of sp³-hybridized carbons (Fsp3) is 0.364. The van der Waals surface area contributed by atoms with Crippen molar-refractivity contribution in [3.8, 4) is 0 Å². The summed E-state index contributed by atoms with van der Waals surface area (Å²) in [6.45, 7) is 0.541. The Morgan fingerprint density at radius 1 is 1.25 bits per heavy atom. The third-order valence-corrected chi connectivity index (χ3v) is 6.93. The molecule has 2 heterocycles. The van der Waals surface area contributed by atoms with Crippen LogP contribution in [0, 0.1) is 0 Å². The van der Waals surface area contributed by atoms with Crippen LogP contribution in [0.5, 0.6) is 0 Å². The summed E-state index contributed by atoms with van der Waals surface area (Å²) >= 11 is 13.1. The summed E-state index contributed by atoms with van der Waals surface area (Å²) in [7, 11) is 1.41. The fourth-order valence-electron chi connectivity index (χ4n) is 3.81. The van der Waals surface area contributed by atoms with E-state index in [1.807, 2.05) is 24.3 Å². The number of esters is 1. The van der Waals surface area contributed by atoms with Gasteiger partial charge < -0.3 is 10.1 Å². The van der Waals surface area contributed by atoms with Crippen molar-refractivity contribution in [2.24, 2.45) is 0 Å². The number of hydrogen-bond acceptors (Lipinski definition) is 6. The van der Waals surface area contributed by atoms with Gasteiger partial charge in [-0.2, -0.15) is 0 Å². The van der Waals surface area contributed by atoms with Crippen molar-refractivity contribution in [1.29, 1.82) is 0 Å². The fourth-order valence-corrected chi connectivity index (χ4v) is 5.56. The summed E-state index contributed by atoms with van der Waals surface area (Å²) in [6.07, 6.45) is 8.09. The van der Waals surface area contributed by atoms with Gasteiger partial charge in [0.2, 0.25) is 5.95 Å². The lowest BCUT2D eigenvalue weighted by Crippen LogP contribution is -2.21. The van der Waals surface area contributed by atoms with Gasteiger partial charge in [-0.1, -0.05) is 36.6 Å². The molecule has 3 aromatic rings. The zero-order valence-electron chi connectivity index (χ0n) is 17.7. The van der Waals surface area contributed by atoms with E-state index < -0.39 is 0 Å². The molecule has 0 saturated carbocycles. The number of halogens is 1. The van der Waals surface area contributed by atoms with Gasteiger partial charge in [0.1, 0.15) is 11.3 Å². The Labute approximate surface area is 201 Å². The van der Waals surface area contributed by atoms with E-state index in [0.717, 1.165) is 36.8 Å². The number of carbonyl (C=O) groups is 1. The third-order valence-electron chi connectivity index (χ3n) is 5.28. The van der Waals surface area contributed by atoms with Crippen LogP contribution >= 0.6 is 35.2 Å². The molecule has 1 aromatic carbocycles. The van der Waals surface area contributed by atoms with Crippen LogP contribution in [0.1, 0.15) is 52.0 Å². The van der Waals surface area contributed by atoms with Gasteiger partial charge in [-0.25, -0.2) is 14.5 Å². The highest BCUT2D eigenvalue weighted by atomic mass is 35.5. The van der Waals surface area contributed by atoms with Crippen LogP contribution in [0.4, 0.5) is 10.9 Å². The molecule has 1 aliphatic rings. The van der Waals surface area contributed by atoms with Crippen LogP contribution in [0.25, 0.3) is 0 Å². The standard InChI is InChI=1S/C22H24ClN5O2S2/c1-30-20(29)18-16-9-4-2-3-5-10-17(16)32-19(18)25-22(31)26-21-24-13-28(27-21)12-14-7-6-8-15(23)11-14/h6-8,11,13H,2-5,9-10,12H2,1H3,(H2,25,26,27,31). The number of thiocarbonyl (C=S) groups is 1. The highest BCUT2D eigenvalue weighted by Gasteiger charge is 2.25. The van der Waals surface area contributed by atoms with Gasteiger partial charge in [0.05, 0.1) is 19.2 Å². The quantitative estimate of drug-likeness (QED) is 0.372. The van der Waals surface area contributed by atoms with E-state index in [2.05, 4.69) is 20.7 Å². The van der Waals surface area contributed by atoms with Crippen LogP contribution in [-0.2, 0) is 24.1 Å². The molecule has 32 heavy (non-hydrogen) atoms. The number of rotatable bonds is 5. The number of nitrogens with zero attached hydrogens (tertiary/aromatic N) is 3. The van der Waals surface area contributed by atoms with Crippen LogP contribution in [0.2, 0.25) is 5.02 Å². The number of aryl methyl sites for hydroxylation is 1. The number of ether oxygens (including phenoxy) is 1. The largest absolute Gasteiger partial charge is 0.465 e. The van der Waals surface area contributed by atoms with Gasteiger partial charge in [0.25, 0.3) is 0 Å². The molecule has 0 saturated heterocycles. The van der Waals surface area contributed by atoms with Crippen molar-refractivity contribution in [2.75, 3.05) is 17.7 Å². The van der Waals surface area contributed by atoms with Crippen molar-refractivity contribution in [2.45, 2.75) is 45.1 Å². The summed E-state index contributed by atoms with van der Waals surface area (Å²) in [5, 5.41) is 12.3. The molecule has 2 N–H and O–H groups in total. The Morgan fingerprint density at radius 3 is 2.84 bits per heavy atom. The minimum atomic E-state index is -0.336. The minimum absolute atomic E-state index is 0.324. The third kappa shape index (κ3) is 5.46. The van der Waals surface area contributed by atoms with Crippen LogP contribution < -0.4 is 10.6 Å². The van der Waals surface area contributed by atoms with E-state index in [1.165, 1.54) is 24.8 Å². The zero-order valence-corrected chi connectivity index (χ0v) is 20.1. The number of carbonyl (C=O) groups excluding carboxylic acids is 1. The summed E-state index contributed by atoms with van der Waals surface area (Å²) in [6, 6.07) is 7.60. The summed E-state index contributed by atoms with van der Waals surface area (Å²) in [5.41, 5.74) is 2.71. The second kappa shape index (κ2) is 10.4. The lowest BCUT2D eigenvalue weighted by atomic mass is 9.96. The number of hydrogen-bond donors (Lipinski definition) is 2. The van der Waals surface area contributed by atoms with Gasteiger partial charge >= 0.3 is 5.97 Å². The molecule has 0 atom stereocenters. The van der Waals surface area contributed by atoms with E-state index in [9.17, 15) is 4.79 Å². The first kappa shape index (κ1) is 22.7. The Bertz CT molecular complexity index is 1130. The van der Waals surface area contributed by atoms with Crippen LogP contribution in [-0.4, -0.2) is 33.0 Å². The van der Waals surface area contributed by atoms with Crippen LogP contribution in [0.3, 0.4) is 0 Å². The van der Waals surface area contributed by atoms with E-state index in [-0.39, 0.29) is 5.97 Å². The second-order valence-electron chi connectivity index (χ2n) is 7.59. The van der Waals surface area contributed by atoms with Crippen molar-refractivity contribution in [3.05, 3.63) is 57.2 Å². The molecule has 1 aliphatic carbocycles. The SMILES string of the molecule is COC(=O)c1c(NC(=S)Nc2ncn(Cc3cccc(Cl)c3)n2)sc2c1CCCCCC2. The molecule has 10 heteroatoms. The molecule has 0 aliphatic heterocycles. The smallest absolute Gasteiger partial charge is 0.341 e. The Kier molecular flexibility index (Phi) is 7.39. The monoisotopic (exact) mass is 489 g/mol. The zero-order chi connectivity index (χ0) is 22.5. The maximum atomic E-state index is 12.5. The molecular weight excluding hydrogens is 466 g/mol. The summed E-state index contributed by atoms with van der Waals surface area (Å²) in [5.74, 6) is 0.0383. The first-order chi connectivity index (χ1) is 15.5. The van der Waals surface area contributed by atoms with E-state index in [1.54, 1.807) is 22.3 Å². The van der Waals surface area contributed by atoms with Crippen molar-refractivity contribution < 1.29 is 9.53 Å². The topological polar surface area (TPSA) is 81.1 Å². The molecular formula is C22H24ClN5O2S2. The number of benzene rings is 1. The van der Waals surface area contributed by atoms with Crippen molar-refractivity contribution in [3.63, 3.8) is 0 Å². The predicted molar refractivity (Wildman–Crippen MR) is 132 cm³/mol. The maximum absolute atomic E-state index is 12.5. The van der Waals surface area contributed by atoms with E-state index in [4.69, 9.17) is 28.6 Å². The van der Waals surface area contributed by atoms with Gasteiger partial charge in [-0.3, -0.25) is 5.32 Å². The normalized spacial score (nSPS) is 13.6. The average Bonchev–Trinajstić information content (AvgIpc) is 3.31.